The summed E-state index contributed by atoms with van der Waals surface area (Å²) < 4.78 is 15.9. The molecule has 144 valence electrons. The lowest BCUT2D eigenvalue weighted by Crippen LogP contribution is -2.21. The van der Waals surface area contributed by atoms with Crippen molar-refractivity contribution in [1.29, 1.82) is 0 Å². The van der Waals surface area contributed by atoms with Gasteiger partial charge in [0.15, 0.2) is 6.61 Å². The first-order valence-corrected chi connectivity index (χ1v) is 8.88. The van der Waals surface area contributed by atoms with E-state index in [9.17, 15) is 9.59 Å². The van der Waals surface area contributed by atoms with Gasteiger partial charge in [-0.05, 0) is 24.3 Å². The Hall–Kier alpha value is -3.54. The summed E-state index contributed by atoms with van der Waals surface area (Å²) >= 11 is 0. The Morgan fingerprint density at radius 3 is 2.61 bits per heavy atom. The number of benzene rings is 2. The lowest BCUT2D eigenvalue weighted by atomic mass is 10.2. The number of anilines is 1. The van der Waals surface area contributed by atoms with Gasteiger partial charge in [-0.3, -0.25) is 9.59 Å². The predicted molar refractivity (Wildman–Crippen MR) is 105 cm³/mol. The van der Waals surface area contributed by atoms with Gasteiger partial charge in [0.2, 0.25) is 0 Å². The van der Waals surface area contributed by atoms with Crippen LogP contribution in [0.15, 0.2) is 71.1 Å². The molecule has 2 aromatic carbocycles. The summed E-state index contributed by atoms with van der Waals surface area (Å²) in [6.07, 6.45) is 0.539. The first-order valence-electron chi connectivity index (χ1n) is 8.88. The molecule has 0 spiro atoms. The minimum absolute atomic E-state index is 0.133. The molecule has 0 unspecified atom stereocenters. The molecule has 1 N–H and O–H groups in total. The largest absolute Gasteiger partial charge is 0.497 e. The summed E-state index contributed by atoms with van der Waals surface area (Å²) in [5.41, 5.74) is 1.55. The van der Waals surface area contributed by atoms with E-state index in [1.165, 1.54) is 0 Å². The summed E-state index contributed by atoms with van der Waals surface area (Å²) in [6, 6.07) is 20.4. The molecule has 0 fully saturated rings. The molecule has 1 amide bonds. The van der Waals surface area contributed by atoms with Crippen molar-refractivity contribution in [2.24, 2.45) is 0 Å². The molecule has 0 aliphatic carbocycles. The van der Waals surface area contributed by atoms with Crippen molar-refractivity contribution in [2.75, 3.05) is 19.0 Å². The fraction of sp³-hybridized carbons (Fsp3) is 0.182. The SMILES string of the molecule is COc1cccc(NC(=O)COC(=O)CCc2ccc(-c3ccccc3)o2)c1. The van der Waals surface area contributed by atoms with Crippen LogP contribution < -0.4 is 10.1 Å². The summed E-state index contributed by atoms with van der Waals surface area (Å²) in [5, 5.41) is 2.65. The molecule has 1 aromatic heterocycles. The topological polar surface area (TPSA) is 77.8 Å². The highest BCUT2D eigenvalue weighted by Gasteiger charge is 2.11. The van der Waals surface area contributed by atoms with Crippen LogP contribution in [-0.2, 0) is 20.7 Å². The van der Waals surface area contributed by atoms with Crippen LogP contribution in [0, 0.1) is 0 Å². The highest BCUT2D eigenvalue weighted by atomic mass is 16.5. The Morgan fingerprint density at radius 2 is 1.82 bits per heavy atom. The molecule has 1 heterocycles. The standard InChI is InChI=1S/C22H21NO5/c1-26-19-9-5-8-17(14-19)23-21(24)15-27-22(25)13-11-18-10-12-20(28-18)16-6-3-2-4-7-16/h2-10,12,14H,11,13,15H2,1H3,(H,23,24). The fourth-order valence-electron chi connectivity index (χ4n) is 2.61. The zero-order valence-corrected chi connectivity index (χ0v) is 15.5. The van der Waals surface area contributed by atoms with Crippen LogP contribution >= 0.6 is 0 Å². The van der Waals surface area contributed by atoms with Gasteiger partial charge in [-0.25, -0.2) is 0 Å². The van der Waals surface area contributed by atoms with E-state index < -0.39 is 11.9 Å². The Bertz CT molecular complexity index is 933. The summed E-state index contributed by atoms with van der Waals surface area (Å²) in [5.74, 6) is 1.20. The van der Waals surface area contributed by atoms with E-state index in [4.69, 9.17) is 13.9 Å². The lowest BCUT2D eigenvalue weighted by molar-refractivity contribution is -0.147. The molecule has 28 heavy (non-hydrogen) atoms. The minimum Gasteiger partial charge on any atom is -0.497 e. The molecule has 6 nitrogen and oxygen atoms in total. The third kappa shape index (κ3) is 5.48. The first kappa shape index (κ1) is 19.2. The zero-order valence-electron chi connectivity index (χ0n) is 15.5. The van der Waals surface area contributed by atoms with Crippen molar-refractivity contribution >= 4 is 17.6 Å². The average Bonchev–Trinajstić information content (AvgIpc) is 3.20. The number of ether oxygens (including phenoxy) is 2. The number of carbonyl (C=O) groups excluding carboxylic acids is 2. The molecular formula is C22H21NO5. The van der Waals surface area contributed by atoms with Crippen molar-refractivity contribution < 1.29 is 23.5 Å². The number of aryl methyl sites for hydroxylation is 1. The molecule has 0 aliphatic heterocycles. The van der Waals surface area contributed by atoms with Crippen LogP contribution in [0.3, 0.4) is 0 Å². The van der Waals surface area contributed by atoms with Crippen LogP contribution in [0.25, 0.3) is 11.3 Å². The molecule has 0 saturated heterocycles. The molecule has 0 saturated carbocycles. The van der Waals surface area contributed by atoms with Crippen LogP contribution in [-0.4, -0.2) is 25.6 Å². The van der Waals surface area contributed by atoms with Crippen molar-refractivity contribution in [3.63, 3.8) is 0 Å². The molecule has 0 bridgehead atoms. The van der Waals surface area contributed by atoms with Crippen LogP contribution in [0.5, 0.6) is 5.75 Å². The zero-order chi connectivity index (χ0) is 19.8. The third-order valence-corrected chi connectivity index (χ3v) is 4.01. The summed E-state index contributed by atoms with van der Waals surface area (Å²) in [6.45, 7) is -0.344. The van der Waals surface area contributed by atoms with Crippen LogP contribution in [0.1, 0.15) is 12.2 Å². The van der Waals surface area contributed by atoms with Crippen LogP contribution in [0.4, 0.5) is 5.69 Å². The normalized spacial score (nSPS) is 10.3. The Balaban J connectivity index is 1.42. The number of furan rings is 1. The first-order chi connectivity index (χ1) is 13.6. The van der Waals surface area contributed by atoms with Gasteiger partial charge in [0.05, 0.1) is 13.5 Å². The number of amides is 1. The maximum Gasteiger partial charge on any atom is 0.306 e. The Morgan fingerprint density at radius 1 is 1.00 bits per heavy atom. The van der Waals surface area contributed by atoms with Gasteiger partial charge in [0, 0.05) is 23.7 Å². The second-order valence-corrected chi connectivity index (χ2v) is 6.07. The van der Waals surface area contributed by atoms with Gasteiger partial charge in [-0.1, -0.05) is 36.4 Å². The summed E-state index contributed by atoms with van der Waals surface area (Å²) in [7, 11) is 1.55. The van der Waals surface area contributed by atoms with Gasteiger partial charge in [0.25, 0.3) is 5.91 Å². The molecule has 3 aromatic rings. The molecule has 0 radical (unpaired) electrons. The minimum atomic E-state index is -0.460. The van der Waals surface area contributed by atoms with Gasteiger partial charge < -0.3 is 19.2 Å². The Labute approximate surface area is 163 Å². The number of nitrogens with one attached hydrogen (secondary N) is 1. The van der Waals surface area contributed by atoms with Gasteiger partial charge in [-0.15, -0.1) is 0 Å². The van der Waals surface area contributed by atoms with E-state index >= 15 is 0 Å². The molecule has 0 atom stereocenters. The number of hydrogen-bond donors (Lipinski definition) is 1. The molecule has 3 rings (SSSR count). The van der Waals surface area contributed by atoms with E-state index in [0.29, 0.717) is 23.6 Å². The Kier molecular flexibility index (Phi) is 6.46. The maximum absolute atomic E-state index is 11.9. The van der Waals surface area contributed by atoms with E-state index in [2.05, 4.69) is 5.32 Å². The molecule has 6 heteroatoms. The number of esters is 1. The smallest absolute Gasteiger partial charge is 0.306 e. The third-order valence-electron chi connectivity index (χ3n) is 4.01. The summed E-state index contributed by atoms with van der Waals surface area (Å²) in [4.78, 5) is 23.8. The van der Waals surface area contributed by atoms with Crippen LogP contribution in [0.2, 0.25) is 0 Å². The highest BCUT2D eigenvalue weighted by Crippen LogP contribution is 2.22. The van der Waals surface area contributed by atoms with Crippen molar-refractivity contribution in [2.45, 2.75) is 12.8 Å². The predicted octanol–water partition coefficient (Wildman–Crippen LogP) is 4.07. The monoisotopic (exact) mass is 379 g/mol. The molecule has 0 aliphatic rings. The van der Waals surface area contributed by atoms with Gasteiger partial charge in [-0.2, -0.15) is 0 Å². The highest BCUT2D eigenvalue weighted by molar-refractivity contribution is 5.92. The number of carbonyl (C=O) groups is 2. The van der Waals surface area contributed by atoms with E-state index in [1.54, 1.807) is 31.4 Å². The number of hydrogen-bond acceptors (Lipinski definition) is 5. The maximum atomic E-state index is 11.9. The fourth-order valence-corrected chi connectivity index (χ4v) is 2.61. The van der Waals surface area contributed by atoms with Crippen molar-refractivity contribution in [3.8, 4) is 17.1 Å². The number of methoxy groups -OCH3 is 1. The number of rotatable bonds is 8. The van der Waals surface area contributed by atoms with Gasteiger partial charge >= 0.3 is 5.97 Å². The van der Waals surface area contributed by atoms with Crippen molar-refractivity contribution in [1.82, 2.24) is 0 Å². The second-order valence-electron chi connectivity index (χ2n) is 6.07. The van der Waals surface area contributed by atoms with Crippen molar-refractivity contribution in [3.05, 3.63) is 72.5 Å². The van der Waals surface area contributed by atoms with E-state index in [-0.39, 0.29) is 13.0 Å². The molecular weight excluding hydrogens is 358 g/mol. The quantitative estimate of drug-likeness (QED) is 0.597. The second kappa shape index (κ2) is 9.41. The van der Waals surface area contributed by atoms with E-state index in [1.807, 2.05) is 42.5 Å². The lowest BCUT2D eigenvalue weighted by Gasteiger charge is -2.07. The average molecular weight is 379 g/mol. The van der Waals surface area contributed by atoms with E-state index in [0.717, 1.165) is 11.3 Å². The van der Waals surface area contributed by atoms with Gasteiger partial charge in [0.1, 0.15) is 17.3 Å².